The highest BCUT2D eigenvalue weighted by atomic mass is 35.5. The number of hydrogen-bond acceptors (Lipinski definition) is 3. The van der Waals surface area contributed by atoms with Crippen LogP contribution in [0.1, 0.15) is 38.2 Å². The van der Waals surface area contributed by atoms with Crippen LogP contribution in [0.15, 0.2) is 24.3 Å². The fourth-order valence-electron chi connectivity index (χ4n) is 3.09. The zero-order valence-corrected chi connectivity index (χ0v) is 13.9. The van der Waals surface area contributed by atoms with Gasteiger partial charge in [0, 0.05) is 5.02 Å². The summed E-state index contributed by atoms with van der Waals surface area (Å²) in [6, 6.07) is 7.43. The first-order chi connectivity index (χ1) is 10.8. The number of halogens is 1. The maximum atomic E-state index is 12.7. The van der Waals surface area contributed by atoms with E-state index in [0.717, 1.165) is 31.2 Å². The summed E-state index contributed by atoms with van der Waals surface area (Å²) in [5, 5.41) is 21.9. The van der Waals surface area contributed by atoms with E-state index in [1.54, 1.807) is 6.07 Å². The molecule has 3 N–H and O–H groups in total. The van der Waals surface area contributed by atoms with E-state index < -0.39 is 17.0 Å². The van der Waals surface area contributed by atoms with Crippen LogP contribution < -0.4 is 5.32 Å². The topological polar surface area (TPSA) is 86.6 Å². The Labute approximate surface area is 140 Å². The van der Waals surface area contributed by atoms with Crippen LogP contribution in [0.5, 0.6) is 0 Å². The second-order valence-corrected chi connectivity index (χ2v) is 6.99. The van der Waals surface area contributed by atoms with Crippen LogP contribution in [-0.2, 0) is 16.0 Å². The molecule has 0 spiro atoms. The van der Waals surface area contributed by atoms with Crippen molar-refractivity contribution in [3.63, 3.8) is 0 Å². The molecule has 1 atom stereocenters. The zero-order valence-electron chi connectivity index (χ0n) is 13.1. The SMILES string of the molecule is CC(O)(CNC(=O)C1(Cc2cccc(Cl)c2)CCCC1)C(=O)O. The third kappa shape index (κ3) is 4.24. The second kappa shape index (κ2) is 6.89. The van der Waals surface area contributed by atoms with Gasteiger partial charge in [-0.1, -0.05) is 36.6 Å². The predicted octanol–water partition coefficient (Wildman–Crippen LogP) is 2.39. The van der Waals surface area contributed by atoms with Crippen LogP contribution in [0.4, 0.5) is 0 Å². The number of carboxylic acids is 1. The Balaban J connectivity index is 2.11. The monoisotopic (exact) mass is 339 g/mol. The smallest absolute Gasteiger partial charge is 0.337 e. The molecular weight excluding hydrogens is 318 g/mol. The summed E-state index contributed by atoms with van der Waals surface area (Å²) < 4.78 is 0. The molecule has 126 valence electrons. The average molecular weight is 340 g/mol. The van der Waals surface area contributed by atoms with Crippen LogP contribution in [0.3, 0.4) is 0 Å². The van der Waals surface area contributed by atoms with Gasteiger partial charge in [-0.2, -0.15) is 0 Å². The molecule has 1 amide bonds. The summed E-state index contributed by atoms with van der Waals surface area (Å²) in [7, 11) is 0. The molecule has 23 heavy (non-hydrogen) atoms. The van der Waals surface area contributed by atoms with E-state index in [1.165, 1.54) is 6.92 Å². The average Bonchev–Trinajstić information content (AvgIpc) is 2.94. The van der Waals surface area contributed by atoms with Crippen LogP contribution in [0, 0.1) is 5.41 Å². The van der Waals surface area contributed by atoms with Crippen molar-refractivity contribution in [2.45, 2.75) is 44.6 Å². The van der Waals surface area contributed by atoms with E-state index in [4.69, 9.17) is 16.7 Å². The molecule has 1 aromatic rings. The largest absolute Gasteiger partial charge is 0.479 e. The van der Waals surface area contributed by atoms with Crippen LogP contribution in [0.25, 0.3) is 0 Å². The van der Waals surface area contributed by atoms with Crippen molar-refractivity contribution in [2.75, 3.05) is 6.54 Å². The third-order valence-electron chi connectivity index (χ3n) is 4.53. The lowest BCUT2D eigenvalue weighted by Gasteiger charge is -2.29. The zero-order chi connectivity index (χ0) is 17.1. The molecule has 0 radical (unpaired) electrons. The van der Waals surface area contributed by atoms with E-state index in [1.807, 2.05) is 18.2 Å². The van der Waals surface area contributed by atoms with Crippen molar-refractivity contribution in [1.29, 1.82) is 0 Å². The molecule has 0 bridgehead atoms. The molecule has 1 saturated carbocycles. The van der Waals surface area contributed by atoms with Gasteiger partial charge in [-0.05, 0) is 43.9 Å². The van der Waals surface area contributed by atoms with Crippen LogP contribution >= 0.6 is 11.6 Å². The molecule has 1 aliphatic rings. The van der Waals surface area contributed by atoms with Crippen molar-refractivity contribution in [2.24, 2.45) is 5.41 Å². The maximum Gasteiger partial charge on any atom is 0.337 e. The lowest BCUT2D eigenvalue weighted by atomic mass is 9.79. The fraction of sp³-hybridized carbons (Fsp3) is 0.529. The van der Waals surface area contributed by atoms with Crippen molar-refractivity contribution < 1.29 is 19.8 Å². The Bertz CT molecular complexity index is 594. The van der Waals surface area contributed by atoms with Gasteiger partial charge < -0.3 is 15.5 Å². The summed E-state index contributed by atoms with van der Waals surface area (Å²) in [6.07, 6.45) is 3.99. The Kier molecular flexibility index (Phi) is 5.32. The molecule has 5 nitrogen and oxygen atoms in total. The third-order valence-corrected chi connectivity index (χ3v) is 4.76. The first-order valence-corrected chi connectivity index (χ1v) is 8.12. The lowest BCUT2D eigenvalue weighted by molar-refractivity contribution is -0.156. The Hall–Kier alpha value is -1.59. The summed E-state index contributed by atoms with van der Waals surface area (Å²) in [5.41, 5.74) is -1.54. The number of amides is 1. The highest BCUT2D eigenvalue weighted by molar-refractivity contribution is 6.30. The van der Waals surface area contributed by atoms with Crippen molar-refractivity contribution in [3.05, 3.63) is 34.9 Å². The molecule has 6 heteroatoms. The van der Waals surface area contributed by atoms with Crippen molar-refractivity contribution >= 4 is 23.5 Å². The summed E-state index contributed by atoms with van der Waals surface area (Å²) in [4.78, 5) is 23.6. The Morgan fingerprint density at radius 2 is 2.00 bits per heavy atom. The van der Waals surface area contributed by atoms with Crippen molar-refractivity contribution in [1.82, 2.24) is 5.32 Å². The molecular formula is C17H22ClNO4. The molecule has 1 aromatic carbocycles. The van der Waals surface area contributed by atoms with Gasteiger partial charge in [-0.15, -0.1) is 0 Å². The van der Waals surface area contributed by atoms with E-state index in [0.29, 0.717) is 11.4 Å². The number of rotatable bonds is 6. The molecule has 0 heterocycles. The minimum Gasteiger partial charge on any atom is -0.479 e. The quantitative estimate of drug-likeness (QED) is 0.742. The van der Waals surface area contributed by atoms with Gasteiger partial charge in [0.25, 0.3) is 0 Å². The Morgan fingerprint density at radius 3 is 2.57 bits per heavy atom. The van der Waals surface area contributed by atoms with Gasteiger partial charge >= 0.3 is 5.97 Å². The predicted molar refractivity (Wildman–Crippen MR) is 87.3 cm³/mol. The molecule has 1 aliphatic carbocycles. The van der Waals surface area contributed by atoms with Crippen LogP contribution in [0.2, 0.25) is 5.02 Å². The first-order valence-electron chi connectivity index (χ1n) is 7.74. The molecule has 0 aromatic heterocycles. The van der Waals surface area contributed by atoms with E-state index in [2.05, 4.69) is 5.32 Å². The van der Waals surface area contributed by atoms with Crippen LogP contribution in [-0.4, -0.2) is 34.2 Å². The number of carbonyl (C=O) groups is 2. The summed E-state index contributed by atoms with van der Waals surface area (Å²) >= 11 is 6.01. The number of carbonyl (C=O) groups excluding carboxylic acids is 1. The van der Waals surface area contributed by atoms with Gasteiger partial charge in [0.2, 0.25) is 5.91 Å². The summed E-state index contributed by atoms with van der Waals surface area (Å²) in [5.74, 6) is -1.55. The van der Waals surface area contributed by atoms with E-state index >= 15 is 0 Å². The molecule has 0 aliphatic heterocycles. The van der Waals surface area contributed by atoms with Gasteiger partial charge in [-0.25, -0.2) is 4.79 Å². The normalized spacial score (nSPS) is 19.1. The number of hydrogen-bond donors (Lipinski definition) is 3. The van der Waals surface area contributed by atoms with Crippen molar-refractivity contribution in [3.8, 4) is 0 Å². The fourth-order valence-corrected chi connectivity index (χ4v) is 3.30. The first kappa shape index (κ1) is 17.8. The molecule has 1 unspecified atom stereocenters. The number of aliphatic hydroxyl groups is 1. The lowest BCUT2D eigenvalue weighted by Crippen LogP contribution is -2.50. The van der Waals surface area contributed by atoms with E-state index in [9.17, 15) is 14.7 Å². The Morgan fingerprint density at radius 1 is 1.35 bits per heavy atom. The van der Waals surface area contributed by atoms with Gasteiger partial charge in [0.15, 0.2) is 5.60 Å². The molecule has 2 rings (SSSR count). The molecule has 1 fully saturated rings. The highest BCUT2D eigenvalue weighted by Gasteiger charge is 2.42. The number of nitrogens with one attached hydrogen (secondary N) is 1. The molecule has 0 saturated heterocycles. The maximum absolute atomic E-state index is 12.7. The standard InChI is InChI=1S/C17H22ClNO4/c1-16(23,15(21)22)11-19-14(20)17(7-2-3-8-17)10-12-5-4-6-13(18)9-12/h4-6,9,23H,2-3,7-8,10-11H2,1H3,(H,19,20)(H,21,22). The summed E-state index contributed by atoms with van der Waals surface area (Å²) in [6.45, 7) is 0.867. The number of aliphatic carboxylic acids is 1. The minimum atomic E-state index is -1.97. The van der Waals surface area contributed by atoms with Gasteiger partial charge in [0.05, 0.1) is 12.0 Å². The van der Waals surface area contributed by atoms with Gasteiger partial charge in [-0.3, -0.25) is 4.79 Å². The minimum absolute atomic E-state index is 0.198. The number of carboxylic acid groups (broad SMARTS) is 1. The highest BCUT2D eigenvalue weighted by Crippen LogP contribution is 2.41. The number of benzene rings is 1. The van der Waals surface area contributed by atoms with E-state index in [-0.39, 0.29) is 12.5 Å². The van der Waals surface area contributed by atoms with Gasteiger partial charge in [0.1, 0.15) is 0 Å². The second-order valence-electron chi connectivity index (χ2n) is 6.56.